The van der Waals surface area contributed by atoms with Gasteiger partial charge in [-0.05, 0) is 55.2 Å². The van der Waals surface area contributed by atoms with E-state index in [1.165, 1.54) is 42.4 Å². The molecule has 16 heavy (non-hydrogen) atoms. The normalized spacial score (nSPS) is 33.0. The van der Waals surface area contributed by atoms with Crippen molar-refractivity contribution in [2.75, 3.05) is 0 Å². The van der Waals surface area contributed by atoms with E-state index in [-0.39, 0.29) is 11.6 Å². The molecule has 3 rings (SSSR count). The molecule has 0 bridgehead atoms. The Morgan fingerprint density at radius 3 is 2.69 bits per heavy atom. The molecule has 3 N–H and O–H groups in total. The molecule has 86 valence electrons. The summed E-state index contributed by atoms with van der Waals surface area (Å²) < 4.78 is 0. The molecule has 0 aliphatic heterocycles. The Balaban J connectivity index is 2.01. The van der Waals surface area contributed by atoms with Gasteiger partial charge in [0.1, 0.15) is 0 Å². The van der Waals surface area contributed by atoms with Crippen molar-refractivity contribution in [1.82, 2.24) is 0 Å². The van der Waals surface area contributed by atoms with Gasteiger partial charge in [0.15, 0.2) is 0 Å². The summed E-state index contributed by atoms with van der Waals surface area (Å²) in [6.07, 6.45) is 6.21. The number of aliphatic hydroxyl groups excluding tert-OH is 1. The van der Waals surface area contributed by atoms with E-state index in [1.807, 2.05) is 0 Å². The van der Waals surface area contributed by atoms with Gasteiger partial charge in [-0.1, -0.05) is 18.2 Å². The molecular weight excluding hydrogens is 198 g/mol. The van der Waals surface area contributed by atoms with Crippen molar-refractivity contribution in [3.05, 3.63) is 34.9 Å². The van der Waals surface area contributed by atoms with E-state index in [9.17, 15) is 5.11 Å². The highest BCUT2D eigenvalue weighted by atomic mass is 16.3. The number of fused-ring (bicyclic) bond motifs is 1. The molecule has 0 amide bonds. The second kappa shape index (κ2) is 3.57. The number of benzene rings is 1. The molecule has 0 radical (unpaired) electrons. The zero-order chi connectivity index (χ0) is 11.2. The first-order chi connectivity index (χ1) is 7.69. The summed E-state index contributed by atoms with van der Waals surface area (Å²) in [5.41, 5.74) is 10.4. The van der Waals surface area contributed by atoms with Crippen LogP contribution >= 0.6 is 0 Å². The monoisotopic (exact) mass is 217 g/mol. The lowest BCUT2D eigenvalue weighted by molar-refractivity contribution is 0.0204. The van der Waals surface area contributed by atoms with E-state index in [1.54, 1.807) is 0 Å². The van der Waals surface area contributed by atoms with Crippen molar-refractivity contribution in [3.63, 3.8) is 0 Å². The van der Waals surface area contributed by atoms with Crippen LogP contribution in [0.3, 0.4) is 0 Å². The fraction of sp³-hybridized carbons (Fsp3) is 0.571. The second-order valence-electron chi connectivity index (χ2n) is 5.37. The smallest absolute Gasteiger partial charge is 0.0582 e. The van der Waals surface area contributed by atoms with Gasteiger partial charge in [0, 0.05) is 5.54 Å². The van der Waals surface area contributed by atoms with Gasteiger partial charge >= 0.3 is 0 Å². The third-order valence-corrected chi connectivity index (χ3v) is 4.13. The summed E-state index contributed by atoms with van der Waals surface area (Å²) in [5, 5.41) is 9.47. The standard InChI is InChI=1S/C14H19NO/c15-14(8-11(16)9-14)13-7-3-5-10-4-1-2-6-12(10)13/h3,5,7,11,16H,1-2,4,6,8-9,15H2. The maximum absolute atomic E-state index is 9.47. The zero-order valence-electron chi connectivity index (χ0n) is 9.58. The van der Waals surface area contributed by atoms with Gasteiger partial charge in [-0.2, -0.15) is 0 Å². The summed E-state index contributed by atoms with van der Waals surface area (Å²) >= 11 is 0. The van der Waals surface area contributed by atoms with E-state index in [0.717, 1.165) is 12.8 Å². The Morgan fingerprint density at radius 1 is 1.19 bits per heavy atom. The number of rotatable bonds is 1. The molecular formula is C14H19NO. The van der Waals surface area contributed by atoms with Crippen LogP contribution < -0.4 is 5.73 Å². The molecule has 0 spiro atoms. The van der Waals surface area contributed by atoms with Crippen molar-refractivity contribution in [2.24, 2.45) is 5.73 Å². The van der Waals surface area contributed by atoms with E-state index in [2.05, 4.69) is 18.2 Å². The van der Waals surface area contributed by atoms with Crippen LogP contribution in [-0.4, -0.2) is 11.2 Å². The average Bonchev–Trinajstić information content (AvgIpc) is 2.26. The fourth-order valence-electron chi connectivity index (χ4n) is 3.25. The van der Waals surface area contributed by atoms with Crippen molar-refractivity contribution in [3.8, 4) is 0 Å². The minimum absolute atomic E-state index is 0.190. The lowest BCUT2D eigenvalue weighted by Gasteiger charge is -2.44. The highest BCUT2D eigenvalue weighted by Crippen LogP contribution is 2.42. The predicted octanol–water partition coefficient (Wildman–Crippen LogP) is 1.87. The lowest BCUT2D eigenvalue weighted by atomic mass is 9.67. The van der Waals surface area contributed by atoms with Crippen molar-refractivity contribution in [1.29, 1.82) is 0 Å². The molecule has 1 aromatic carbocycles. The summed E-state index contributed by atoms with van der Waals surface area (Å²) in [7, 11) is 0. The molecule has 1 aromatic rings. The Hall–Kier alpha value is -0.860. The SMILES string of the molecule is NC1(c2cccc3c2CCCC3)CC(O)C1. The Kier molecular flexibility index (Phi) is 2.30. The third kappa shape index (κ3) is 1.48. The fourth-order valence-corrected chi connectivity index (χ4v) is 3.25. The first-order valence-corrected chi connectivity index (χ1v) is 6.27. The molecule has 0 atom stereocenters. The van der Waals surface area contributed by atoms with Crippen LogP contribution in [0.2, 0.25) is 0 Å². The molecule has 0 heterocycles. The second-order valence-corrected chi connectivity index (χ2v) is 5.37. The molecule has 2 aliphatic carbocycles. The van der Waals surface area contributed by atoms with E-state index >= 15 is 0 Å². The topological polar surface area (TPSA) is 46.2 Å². The van der Waals surface area contributed by atoms with Crippen molar-refractivity contribution in [2.45, 2.75) is 50.2 Å². The zero-order valence-corrected chi connectivity index (χ0v) is 9.58. The molecule has 2 heteroatoms. The summed E-state index contributed by atoms with van der Waals surface area (Å²) in [4.78, 5) is 0. The largest absolute Gasteiger partial charge is 0.393 e. The van der Waals surface area contributed by atoms with E-state index in [0.29, 0.717) is 0 Å². The van der Waals surface area contributed by atoms with Gasteiger partial charge < -0.3 is 10.8 Å². The summed E-state index contributed by atoms with van der Waals surface area (Å²) in [6.45, 7) is 0. The number of nitrogens with two attached hydrogens (primary N) is 1. The van der Waals surface area contributed by atoms with Crippen LogP contribution in [0.25, 0.3) is 0 Å². The van der Waals surface area contributed by atoms with Crippen LogP contribution in [0.1, 0.15) is 42.4 Å². The van der Waals surface area contributed by atoms with Gasteiger partial charge in [0.05, 0.1) is 6.10 Å². The van der Waals surface area contributed by atoms with Crippen LogP contribution in [0.15, 0.2) is 18.2 Å². The van der Waals surface area contributed by atoms with Crippen molar-refractivity contribution < 1.29 is 5.11 Å². The van der Waals surface area contributed by atoms with E-state index in [4.69, 9.17) is 5.73 Å². The number of aliphatic hydroxyl groups is 1. The molecule has 0 saturated heterocycles. The highest BCUT2D eigenvalue weighted by Gasteiger charge is 2.42. The van der Waals surface area contributed by atoms with Crippen LogP contribution in [0.5, 0.6) is 0 Å². The quantitative estimate of drug-likeness (QED) is 0.754. The maximum atomic E-state index is 9.47. The van der Waals surface area contributed by atoms with Gasteiger partial charge in [-0.15, -0.1) is 0 Å². The molecule has 0 aromatic heterocycles. The van der Waals surface area contributed by atoms with Gasteiger partial charge in [-0.3, -0.25) is 0 Å². The summed E-state index contributed by atoms with van der Waals surface area (Å²) in [6, 6.07) is 6.52. The maximum Gasteiger partial charge on any atom is 0.0582 e. The van der Waals surface area contributed by atoms with E-state index < -0.39 is 0 Å². The number of hydrogen-bond acceptors (Lipinski definition) is 2. The van der Waals surface area contributed by atoms with Gasteiger partial charge in [0.25, 0.3) is 0 Å². The molecule has 0 unspecified atom stereocenters. The Labute approximate surface area is 96.5 Å². The van der Waals surface area contributed by atoms with Crippen LogP contribution in [-0.2, 0) is 18.4 Å². The molecule has 1 fully saturated rings. The first kappa shape index (κ1) is 10.3. The third-order valence-electron chi connectivity index (χ3n) is 4.13. The summed E-state index contributed by atoms with van der Waals surface area (Å²) in [5.74, 6) is 0. The Morgan fingerprint density at radius 2 is 1.94 bits per heavy atom. The van der Waals surface area contributed by atoms with Crippen LogP contribution in [0, 0.1) is 0 Å². The molecule has 1 saturated carbocycles. The number of aryl methyl sites for hydroxylation is 1. The molecule has 2 aliphatic rings. The predicted molar refractivity (Wildman–Crippen MR) is 64.2 cm³/mol. The average molecular weight is 217 g/mol. The minimum atomic E-state index is -0.248. The Bertz CT molecular complexity index is 407. The van der Waals surface area contributed by atoms with Gasteiger partial charge in [-0.25, -0.2) is 0 Å². The van der Waals surface area contributed by atoms with Crippen LogP contribution in [0.4, 0.5) is 0 Å². The molecule has 2 nitrogen and oxygen atoms in total. The minimum Gasteiger partial charge on any atom is -0.393 e. The van der Waals surface area contributed by atoms with Gasteiger partial charge in [0.2, 0.25) is 0 Å². The number of hydrogen-bond donors (Lipinski definition) is 2. The highest BCUT2D eigenvalue weighted by molar-refractivity contribution is 5.42. The van der Waals surface area contributed by atoms with Crippen molar-refractivity contribution >= 4 is 0 Å². The lowest BCUT2D eigenvalue weighted by Crippen LogP contribution is -2.52. The first-order valence-electron chi connectivity index (χ1n) is 6.27.